The Kier molecular flexibility index (Phi) is 3.56. The average Bonchev–Trinajstić information content (AvgIpc) is 3.25. The van der Waals surface area contributed by atoms with Gasteiger partial charge in [-0.1, -0.05) is 0 Å². The van der Waals surface area contributed by atoms with Gasteiger partial charge in [0.1, 0.15) is 5.56 Å². The normalized spacial score (nSPS) is 14.7. The molecule has 1 N–H and O–H groups in total. The molecule has 3 heterocycles. The molecule has 7 heteroatoms. The third-order valence-electron chi connectivity index (χ3n) is 5.15. The molecule has 1 amide bonds. The van der Waals surface area contributed by atoms with Gasteiger partial charge in [-0.3, -0.25) is 9.48 Å². The Labute approximate surface area is 162 Å². The first-order valence-corrected chi connectivity index (χ1v) is 9.54. The lowest BCUT2D eigenvalue weighted by atomic mass is 10.1. The van der Waals surface area contributed by atoms with E-state index in [1.54, 1.807) is 29.2 Å². The molecule has 0 spiro atoms. The summed E-state index contributed by atoms with van der Waals surface area (Å²) in [5, 5.41) is 13.1. The quantitative estimate of drug-likeness (QED) is 0.589. The van der Waals surface area contributed by atoms with Crippen LogP contribution in [-0.4, -0.2) is 30.3 Å². The van der Waals surface area contributed by atoms with Crippen molar-refractivity contribution in [2.24, 2.45) is 0 Å². The van der Waals surface area contributed by atoms with Crippen LogP contribution in [0.4, 0.5) is 5.69 Å². The Balaban J connectivity index is 1.55. The van der Waals surface area contributed by atoms with Crippen molar-refractivity contribution < 1.29 is 4.79 Å². The van der Waals surface area contributed by atoms with Gasteiger partial charge in [0.15, 0.2) is 5.65 Å². The molecule has 28 heavy (non-hydrogen) atoms. The number of carbonyl (C=O) groups is 1. The molecule has 1 saturated carbocycles. The first kappa shape index (κ1) is 16.9. The fourth-order valence-electron chi connectivity index (χ4n) is 3.45. The monoisotopic (exact) mass is 374 g/mol. The van der Waals surface area contributed by atoms with Crippen LogP contribution >= 0.6 is 0 Å². The Bertz CT molecular complexity index is 1210. The fourth-order valence-corrected chi connectivity index (χ4v) is 3.45. The Morgan fingerprint density at radius 3 is 2.82 bits per heavy atom. The minimum Gasteiger partial charge on any atom is -0.322 e. The topological polar surface area (TPSA) is 77.1 Å². The maximum atomic E-state index is 13.0. The summed E-state index contributed by atoms with van der Waals surface area (Å²) in [4.78, 5) is 17.2. The highest BCUT2D eigenvalue weighted by molar-refractivity contribution is 6.09. The molecule has 5 rings (SSSR count). The molecule has 1 fully saturated rings. The van der Waals surface area contributed by atoms with Crippen molar-refractivity contribution in [3.05, 3.63) is 54.1 Å². The maximum Gasteiger partial charge on any atom is 0.261 e. The van der Waals surface area contributed by atoms with Crippen LogP contribution in [0, 0.1) is 0 Å². The summed E-state index contributed by atoms with van der Waals surface area (Å²) >= 11 is 0. The summed E-state index contributed by atoms with van der Waals surface area (Å²) in [6.45, 7) is 6.38. The van der Waals surface area contributed by atoms with E-state index in [-0.39, 0.29) is 11.4 Å². The zero-order valence-electron chi connectivity index (χ0n) is 16.2. The largest absolute Gasteiger partial charge is 0.322 e. The second-order valence-electron chi connectivity index (χ2n) is 8.42. The molecule has 0 bridgehead atoms. The van der Waals surface area contributed by atoms with Crippen LogP contribution in [0.25, 0.3) is 16.6 Å². The summed E-state index contributed by atoms with van der Waals surface area (Å²) in [5.41, 5.74) is 3.90. The molecule has 1 aliphatic rings. The fraction of sp³-hybridized carbons (Fsp3) is 0.333. The molecule has 1 aromatic carbocycles. The van der Waals surface area contributed by atoms with E-state index in [4.69, 9.17) is 5.10 Å². The zero-order valence-corrected chi connectivity index (χ0v) is 16.2. The number of carbonyl (C=O) groups excluding carboxylic acids is 1. The summed E-state index contributed by atoms with van der Waals surface area (Å²) in [5.74, 6) is 0.291. The first-order valence-electron chi connectivity index (χ1n) is 9.54. The Morgan fingerprint density at radius 1 is 1.25 bits per heavy atom. The van der Waals surface area contributed by atoms with Crippen LogP contribution in [0.3, 0.4) is 0 Å². The number of nitrogens with one attached hydrogen (secondary N) is 1. The SMILES string of the molecule is CC(C)(C)n1cc2cc(NC(=O)c3cnn4cccnc34)c(C3CC3)cc2n1. The van der Waals surface area contributed by atoms with Crippen LogP contribution < -0.4 is 5.32 Å². The van der Waals surface area contributed by atoms with Gasteiger partial charge in [0, 0.05) is 29.7 Å². The number of anilines is 1. The maximum absolute atomic E-state index is 13.0. The zero-order chi connectivity index (χ0) is 19.5. The van der Waals surface area contributed by atoms with E-state index < -0.39 is 0 Å². The number of nitrogens with zero attached hydrogens (tertiary/aromatic N) is 5. The van der Waals surface area contributed by atoms with Crippen molar-refractivity contribution in [3.8, 4) is 0 Å². The highest BCUT2D eigenvalue weighted by Gasteiger charge is 2.28. The molecule has 142 valence electrons. The minimum atomic E-state index is -0.196. The van der Waals surface area contributed by atoms with E-state index in [1.165, 1.54) is 0 Å². The summed E-state index contributed by atoms with van der Waals surface area (Å²) in [6, 6.07) is 5.95. The van der Waals surface area contributed by atoms with Crippen LogP contribution in [0.5, 0.6) is 0 Å². The van der Waals surface area contributed by atoms with Gasteiger partial charge in [0.05, 0.1) is 17.3 Å². The third kappa shape index (κ3) is 2.83. The molecule has 0 saturated heterocycles. The number of benzene rings is 1. The molecule has 3 aromatic heterocycles. The number of fused-ring (bicyclic) bond motifs is 2. The number of amides is 1. The van der Waals surface area contributed by atoms with Crippen LogP contribution in [0.2, 0.25) is 0 Å². The van der Waals surface area contributed by atoms with Crippen LogP contribution in [0.15, 0.2) is 43.0 Å². The van der Waals surface area contributed by atoms with E-state index in [1.807, 2.05) is 16.9 Å². The number of hydrogen-bond donors (Lipinski definition) is 1. The molecule has 7 nitrogen and oxygen atoms in total. The molecule has 0 atom stereocenters. The van der Waals surface area contributed by atoms with E-state index in [0.717, 1.165) is 35.0 Å². The standard InChI is InChI=1S/C21H22N6O/c1-21(2,3)27-12-14-9-18(15(13-5-6-13)10-17(14)25-27)24-20(28)16-11-23-26-8-4-7-22-19(16)26/h4,7-13H,5-6H2,1-3H3,(H,24,28). The second-order valence-corrected chi connectivity index (χ2v) is 8.42. The van der Waals surface area contributed by atoms with Crippen molar-refractivity contribution in [1.29, 1.82) is 0 Å². The predicted octanol–water partition coefficient (Wildman–Crippen LogP) is 3.96. The van der Waals surface area contributed by atoms with E-state index in [2.05, 4.69) is 42.2 Å². The Morgan fingerprint density at radius 2 is 2.07 bits per heavy atom. The van der Waals surface area contributed by atoms with Gasteiger partial charge in [-0.05, 0) is 63.3 Å². The molecule has 1 aliphatic carbocycles. The lowest BCUT2D eigenvalue weighted by Gasteiger charge is -2.18. The van der Waals surface area contributed by atoms with Crippen LogP contribution in [0.1, 0.15) is 55.5 Å². The molecular weight excluding hydrogens is 352 g/mol. The molecule has 4 aromatic rings. The highest BCUT2D eigenvalue weighted by Crippen LogP contribution is 2.45. The second kappa shape index (κ2) is 5.89. The average molecular weight is 374 g/mol. The van der Waals surface area contributed by atoms with Gasteiger partial charge in [0.25, 0.3) is 5.91 Å². The van der Waals surface area contributed by atoms with Gasteiger partial charge < -0.3 is 5.32 Å². The highest BCUT2D eigenvalue weighted by atomic mass is 16.1. The Hall–Kier alpha value is -3.22. The van der Waals surface area contributed by atoms with Crippen molar-refractivity contribution >= 4 is 28.1 Å². The van der Waals surface area contributed by atoms with Gasteiger partial charge in [-0.15, -0.1) is 0 Å². The molecule has 0 aliphatic heterocycles. The van der Waals surface area contributed by atoms with Crippen molar-refractivity contribution in [2.75, 3.05) is 5.32 Å². The molecule has 0 radical (unpaired) electrons. The number of hydrogen-bond acceptors (Lipinski definition) is 4. The van der Waals surface area contributed by atoms with E-state index >= 15 is 0 Å². The van der Waals surface area contributed by atoms with Gasteiger partial charge in [-0.2, -0.15) is 10.2 Å². The lowest BCUT2D eigenvalue weighted by Crippen LogP contribution is -2.21. The minimum absolute atomic E-state index is 0.0923. The number of aromatic nitrogens is 5. The summed E-state index contributed by atoms with van der Waals surface area (Å²) in [7, 11) is 0. The van der Waals surface area contributed by atoms with Gasteiger partial charge in [-0.25, -0.2) is 9.50 Å². The van der Waals surface area contributed by atoms with E-state index in [9.17, 15) is 4.79 Å². The molecular formula is C21H22N6O. The van der Waals surface area contributed by atoms with Gasteiger partial charge >= 0.3 is 0 Å². The summed E-state index contributed by atoms with van der Waals surface area (Å²) < 4.78 is 3.59. The van der Waals surface area contributed by atoms with Gasteiger partial charge in [0.2, 0.25) is 0 Å². The third-order valence-corrected chi connectivity index (χ3v) is 5.15. The van der Waals surface area contributed by atoms with E-state index in [0.29, 0.717) is 17.1 Å². The smallest absolute Gasteiger partial charge is 0.261 e. The molecule has 0 unspecified atom stereocenters. The van der Waals surface area contributed by atoms with Crippen molar-refractivity contribution in [1.82, 2.24) is 24.4 Å². The summed E-state index contributed by atoms with van der Waals surface area (Å²) in [6.07, 6.45) is 9.33. The lowest BCUT2D eigenvalue weighted by molar-refractivity contribution is 0.102. The number of rotatable bonds is 3. The predicted molar refractivity (Wildman–Crippen MR) is 108 cm³/mol. The van der Waals surface area contributed by atoms with Crippen molar-refractivity contribution in [2.45, 2.75) is 45.1 Å². The van der Waals surface area contributed by atoms with Crippen LogP contribution in [-0.2, 0) is 5.54 Å². The van der Waals surface area contributed by atoms with Crippen molar-refractivity contribution in [3.63, 3.8) is 0 Å². The first-order chi connectivity index (χ1) is 13.4.